The monoisotopic (exact) mass is 306 g/mol. The van der Waals surface area contributed by atoms with Crippen molar-refractivity contribution in [2.45, 2.75) is 19.8 Å². The summed E-state index contributed by atoms with van der Waals surface area (Å²) in [5.74, 6) is -0.608. The van der Waals surface area contributed by atoms with Crippen LogP contribution in [0.25, 0.3) is 11.1 Å². The van der Waals surface area contributed by atoms with Crippen LogP contribution < -0.4 is 0 Å². The third-order valence-corrected chi connectivity index (χ3v) is 2.94. The van der Waals surface area contributed by atoms with Gasteiger partial charge in [0.15, 0.2) is 0 Å². The summed E-state index contributed by atoms with van der Waals surface area (Å²) in [6, 6.07) is 20.8. The van der Waals surface area contributed by atoms with Crippen molar-refractivity contribution in [3.05, 3.63) is 60.7 Å². The Morgan fingerprint density at radius 3 is 1.76 bits per heavy atom. The van der Waals surface area contributed by atoms with Crippen LogP contribution in [0.5, 0.6) is 0 Å². The largest absolute Gasteiger partial charge is 0.394 e. The van der Waals surface area contributed by atoms with Crippen LogP contribution in [-0.4, -0.2) is 10.9 Å². The minimum Gasteiger partial charge on any atom is -0.394 e. The Kier molecular flexibility index (Phi) is 8.10. The molecule has 0 bridgehead atoms. The molecule has 0 saturated heterocycles. The van der Waals surface area contributed by atoms with Gasteiger partial charge in [-0.3, -0.25) is 4.79 Å². The minimum absolute atomic E-state index is 0.205. The fraction of sp³-hybridized carbons (Fsp3) is 0.188. The van der Waals surface area contributed by atoms with Crippen LogP contribution in [0, 0.1) is 0 Å². The van der Waals surface area contributed by atoms with Crippen LogP contribution in [0.1, 0.15) is 19.8 Å². The van der Waals surface area contributed by atoms with Crippen LogP contribution in [0.2, 0.25) is 0 Å². The number of carbonyl (C=O) groups excluding carboxylic acids is 1. The number of hydrogen-bond acceptors (Lipinski definition) is 3. The summed E-state index contributed by atoms with van der Waals surface area (Å²) < 4.78 is 13.8. The van der Waals surface area contributed by atoms with Crippen LogP contribution >= 0.6 is 8.25 Å². The summed E-state index contributed by atoms with van der Waals surface area (Å²) >= 11 is 0. The Labute approximate surface area is 125 Å². The maximum absolute atomic E-state index is 10.3. The predicted octanol–water partition coefficient (Wildman–Crippen LogP) is 4.07. The van der Waals surface area contributed by atoms with Crippen LogP contribution in [-0.2, 0) is 13.9 Å². The van der Waals surface area contributed by atoms with E-state index in [4.69, 9.17) is 4.89 Å². The summed E-state index contributed by atoms with van der Waals surface area (Å²) in [4.78, 5) is 18.3. The number of carbonyl (C=O) groups is 1. The van der Waals surface area contributed by atoms with Gasteiger partial charge in [0, 0.05) is 6.42 Å². The molecule has 1 atom stereocenters. The second-order valence-electron chi connectivity index (χ2n) is 4.22. The van der Waals surface area contributed by atoms with E-state index in [0.29, 0.717) is 6.42 Å². The molecule has 0 spiro atoms. The van der Waals surface area contributed by atoms with E-state index in [-0.39, 0.29) is 6.42 Å². The van der Waals surface area contributed by atoms with Crippen molar-refractivity contribution >= 4 is 14.2 Å². The van der Waals surface area contributed by atoms with Crippen molar-refractivity contribution in [1.82, 2.24) is 0 Å². The number of rotatable bonds is 4. The van der Waals surface area contributed by atoms with Gasteiger partial charge < -0.3 is 9.42 Å². The zero-order chi connectivity index (χ0) is 15.5. The molecule has 0 radical (unpaired) electrons. The van der Waals surface area contributed by atoms with Gasteiger partial charge >= 0.3 is 14.2 Å². The molecule has 0 aliphatic carbocycles. The molecule has 0 aliphatic rings. The molecular formula is C16H19O4P. The fourth-order valence-corrected chi connectivity index (χ4v) is 1.91. The Balaban J connectivity index is 0.000000222. The van der Waals surface area contributed by atoms with Gasteiger partial charge in [-0.2, -0.15) is 0 Å². The van der Waals surface area contributed by atoms with Crippen molar-refractivity contribution in [2.24, 2.45) is 0 Å². The van der Waals surface area contributed by atoms with E-state index in [2.05, 4.69) is 53.1 Å². The van der Waals surface area contributed by atoms with E-state index in [1.807, 2.05) is 12.1 Å². The molecule has 0 aliphatic heterocycles. The van der Waals surface area contributed by atoms with Gasteiger partial charge in [-0.15, -0.1) is 0 Å². The maximum Gasteiger partial charge on any atom is 0.367 e. The third kappa shape index (κ3) is 7.45. The molecule has 2 aromatic carbocycles. The minimum atomic E-state index is -3.06. The van der Waals surface area contributed by atoms with Crippen molar-refractivity contribution in [1.29, 1.82) is 0 Å². The first kappa shape index (κ1) is 17.2. The van der Waals surface area contributed by atoms with E-state index >= 15 is 0 Å². The Bertz CT molecular complexity index is 518. The van der Waals surface area contributed by atoms with Gasteiger partial charge in [-0.25, -0.2) is 4.57 Å². The number of benzene rings is 2. The van der Waals surface area contributed by atoms with Gasteiger partial charge in [0.2, 0.25) is 0 Å². The molecule has 112 valence electrons. The molecular weight excluding hydrogens is 287 g/mol. The lowest BCUT2D eigenvalue weighted by Crippen LogP contribution is -1.96. The van der Waals surface area contributed by atoms with Gasteiger partial charge in [-0.05, 0) is 17.5 Å². The van der Waals surface area contributed by atoms with E-state index < -0.39 is 14.2 Å². The smallest absolute Gasteiger partial charge is 0.367 e. The first-order valence-electron chi connectivity index (χ1n) is 6.67. The molecule has 5 heteroatoms. The summed E-state index contributed by atoms with van der Waals surface area (Å²) in [5.41, 5.74) is 2.55. The predicted molar refractivity (Wildman–Crippen MR) is 84.1 cm³/mol. The lowest BCUT2D eigenvalue weighted by molar-refractivity contribution is -0.134. The maximum atomic E-state index is 10.3. The molecule has 0 aromatic heterocycles. The third-order valence-electron chi connectivity index (χ3n) is 2.54. The summed E-state index contributed by atoms with van der Waals surface area (Å²) in [7, 11) is -3.06. The summed E-state index contributed by atoms with van der Waals surface area (Å²) in [5, 5.41) is 0. The molecule has 0 saturated carbocycles. The Morgan fingerprint density at radius 1 is 1.00 bits per heavy atom. The van der Waals surface area contributed by atoms with E-state index in [9.17, 15) is 9.36 Å². The first-order chi connectivity index (χ1) is 10.1. The van der Waals surface area contributed by atoms with Crippen molar-refractivity contribution in [2.75, 3.05) is 0 Å². The lowest BCUT2D eigenvalue weighted by atomic mass is 10.1. The molecule has 2 aromatic rings. The Morgan fingerprint density at radius 2 is 1.43 bits per heavy atom. The van der Waals surface area contributed by atoms with Crippen LogP contribution in [0.4, 0.5) is 0 Å². The molecule has 2 rings (SSSR count). The second kappa shape index (κ2) is 9.92. The quantitative estimate of drug-likeness (QED) is 0.865. The average Bonchev–Trinajstić information content (AvgIpc) is 2.49. The Hall–Kier alpha value is -1.90. The van der Waals surface area contributed by atoms with Crippen molar-refractivity contribution in [3.63, 3.8) is 0 Å². The van der Waals surface area contributed by atoms with Gasteiger partial charge in [0.1, 0.15) is 0 Å². The van der Waals surface area contributed by atoms with Gasteiger partial charge in [-0.1, -0.05) is 67.6 Å². The second-order valence-corrected chi connectivity index (χ2v) is 4.96. The molecule has 0 heterocycles. The molecule has 21 heavy (non-hydrogen) atoms. The molecule has 0 amide bonds. The standard InChI is InChI=1S/C12H10.C4H9O4P/c1-3-7-11(8-4-1)12-9-5-2-6-10-12;1-2-3-4(5)8-9(6)7/h1-10H;9H,2-3H2,1H3,(H,6,7). The SMILES string of the molecule is CCCC(=O)O[PH](=O)O.c1ccc(-c2ccccc2)cc1. The van der Waals surface area contributed by atoms with Crippen molar-refractivity contribution < 1.29 is 18.8 Å². The molecule has 4 nitrogen and oxygen atoms in total. The summed E-state index contributed by atoms with van der Waals surface area (Å²) in [6.45, 7) is 1.79. The normalized spacial score (nSPS) is 11.0. The topological polar surface area (TPSA) is 63.6 Å². The first-order valence-corrected chi connectivity index (χ1v) is 7.94. The van der Waals surface area contributed by atoms with Gasteiger partial charge in [0.05, 0.1) is 0 Å². The highest BCUT2D eigenvalue weighted by Crippen LogP contribution is 2.17. The van der Waals surface area contributed by atoms with Crippen LogP contribution in [0.3, 0.4) is 0 Å². The number of hydrogen-bond donors (Lipinski definition) is 1. The van der Waals surface area contributed by atoms with E-state index in [1.54, 1.807) is 6.92 Å². The fourth-order valence-electron chi connectivity index (χ4n) is 1.61. The molecule has 1 unspecified atom stereocenters. The van der Waals surface area contributed by atoms with E-state index in [0.717, 1.165) is 0 Å². The molecule has 1 N–H and O–H groups in total. The zero-order valence-corrected chi connectivity index (χ0v) is 12.9. The lowest BCUT2D eigenvalue weighted by Gasteiger charge is -1.98. The van der Waals surface area contributed by atoms with E-state index in [1.165, 1.54) is 11.1 Å². The van der Waals surface area contributed by atoms with Crippen LogP contribution in [0.15, 0.2) is 60.7 Å². The summed E-state index contributed by atoms with van der Waals surface area (Å²) in [6.07, 6.45) is 0.838. The highest BCUT2D eigenvalue weighted by atomic mass is 31.1. The highest BCUT2D eigenvalue weighted by Gasteiger charge is 2.01. The molecule has 0 fully saturated rings. The average molecular weight is 306 g/mol. The van der Waals surface area contributed by atoms with Crippen molar-refractivity contribution in [3.8, 4) is 11.1 Å². The highest BCUT2D eigenvalue weighted by molar-refractivity contribution is 7.32. The van der Waals surface area contributed by atoms with Gasteiger partial charge in [0.25, 0.3) is 0 Å². The zero-order valence-electron chi connectivity index (χ0n) is 11.9.